The Morgan fingerprint density at radius 1 is 1.18 bits per heavy atom. The minimum Gasteiger partial charge on any atom is -0.356 e. The highest BCUT2D eigenvalue weighted by Gasteiger charge is 2.03. The molecular formula is C17H34N4O. The third kappa shape index (κ3) is 12.2. The highest BCUT2D eigenvalue weighted by molar-refractivity contribution is 5.84. The first-order valence-corrected chi connectivity index (χ1v) is 8.30. The standard InChI is InChI=1S/C17H34N4O/c1-6-12-18-17(20-14-16(22)21(4)5)19-13-10-8-7-9-11-15(2)3/h6,15H,1,7-14H2,2-5H3,(H2,18,19,20). The Balaban J connectivity index is 3.96. The SMILES string of the molecule is C=CCNC(=NCC(=O)N(C)C)NCCCCCCC(C)C. The van der Waals surface area contributed by atoms with Crippen molar-refractivity contribution in [1.29, 1.82) is 0 Å². The van der Waals surface area contributed by atoms with Crippen LogP contribution < -0.4 is 10.6 Å². The van der Waals surface area contributed by atoms with Crippen molar-refractivity contribution in [3.05, 3.63) is 12.7 Å². The summed E-state index contributed by atoms with van der Waals surface area (Å²) in [5.74, 6) is 1.47. The van der Waals surface area contributed by atoms with Crippen molar-refractivity contribution in [2.45, 2.75) is 46.0 Å². The van der Waals surface area contributed by atoms with E-state index in [4.69, 9.17) is 0 Å². The number of guanidine groups is 1. The van der Waals surface area contributed by atoms with E-state index in [0.29, 0.717) is 12.5 Å². The summed E-state index contributed by atoms with van der Waals surface area (Å²) in [7, 11) is 3.47. The quantitative estimate of drug-likeness (QED) is 0.267. The molecule has 0 aliphatic rings. The molecule has 0 atom stereocenters. The van der Waals surface area contributed by atoms with E-state index in [1.54, 1.807) is 25.1 Å². The van der Waals surface area contributed by atoms with Crippen molar-refractivity contribution in [2.24, 2.45) is 10.9 Å². The van der Waals surface area contributed by atoms with Gasteiger partial charge in [-0.25, -0.2) is 4.99 Å². The zero-order valence-corrected chi connectivity index (χ0v) is 14.8. The fraction of sp³-hybridized carbons (Fsp3) is 0.765. The maximum absolute atomic E-state index is 11.6. The summed E-state index contributed by atoms with van der Waals surface area (Å²) >= 11 is 0. The van der Waals surface area contributed by atoms with Crippen LogP contribution in [0.25, 0.3) is 0 Å². The van der Waals surface area contributed by atoms with Gasteiger partial charge in [0.15, 0.2) is 5.96 Å². The molecule has 0 aromatic rings. The van der Waals surface area contributed by atoms with Gasteiger partial charge in [-0.3, -0.25) is 4.79 Å². The molecule has 0 heterocycles. The number of nitrogens with one attached hydrogen (secondary N) is 2. The first-order chi connectivity index (χ1) is 10.5. The molecule has 1 amide bonds. The molecule has 0 spiro atoms. The molecule has 128 valence electrons. The highest BCUT2D eigenvalue weighted by Crippen LogP contribution is 2.08. The average Bonchev–Trinajstić information content (AvgIpc) is 2.47. The van der Waals surface area contributed by atoms with Crippen molar-refractivity contribution in [2.75, 3.05) is 33.7 Å². The van der Waals surface area contributed by atoms with E-state index in [1.165, 1.54) is 25.7 Å². The number of unbranched alkanes of at least 4 members (excludes halogenated alkanes) is 3. The minimum atomic E-state index is -0.00612. The summed E-state index contributed by atoms with van der Waals surface area (Å²) in [6.45, 7) is 9.89. The molecule has 5 heteroatoms. The monoisotopic (exact) mass is 310 g/mol. The Bertz CT molecular complexity index is 338. The maximum Gasteiger partial charge on any atom is 0.243 e. The van der Waals surface area contributed by atoms with Crippen molar-refractivity contribution in [1.82, 2.24) is 15.5 Å². The molecule has 0 aromatic carbocycles. The fourth-order valence-electron chi connectivity index (χ4n) is 1.87. The Hall–Kier alpha value is -1.52. The fourth-order valence-corrected chi connectivity index (χ4v) is 1.87. The van der Waals surface area contributed by atoms with Crippen LogP contribution in [0.2, 0.25) is 0 Å². The molecule has 0 aliphatic carbocycles. The van der Waals surface area contributed by atoms with Gasteiger partial charge in [0.25, 0.3) is 0 Å². The molecule has 0 radical (unpaired) electrons. The third-order valence-electron chi connectivity index (χ3n) is 3.29. The lowest BCUT2D eigenvalue weighted by Crippen LogP contribution is -2.39. The Kier molecular flexibility index (Phi) is 12.3. The molecule has 0 rings (SSSR count). The van der Waals surface area contributed by atoms with Gasteiger partial charge in [-0.2, -0.15) is 0 Å². The summed E-state index contributed by atoms with van der Waals surface area (Å²) in [6, 6.07) is 0. The number of aliphatic imine (C=N–C) groups is 1. The zero-order chi connectivity index (χ0) is 16.8. The van der Waals surface area contributed by atoms with E-state index in [-0.39, 0.29) is 12.5 Å². The highest BCUT2D eigenvalue weighted by atomic mass is 16.2. The number of hydrogen-bond acceptors (Lipinski definition) is 2. The number of likely N-dealkylation sites (N-methyl/N-ethyl adjacent to an activating group) is 1. The van der Waals surface area contributed by atoms with Crippen molar-refractivity contribution < 1.29 is 4.79 Å². The second-order valence-electron chi connectivity index (χ2n) is 6.15. The van der Waals surface area contributed by atoms with Crippen LogP contribution in [0.4, 0.5) is 0 Å². The Labute approximate surface area is 136 Å². The molecule has 22 heavy (non-hydrogen) atoms. The number of carbonyl (C=O) groups excluding carboxylic acids is 1. The number of carbonyl (C=O) groups is 1. The van der Waals surface area contributed by atoms with E-state index in [9.17, 15) is 4.79 Å². The van der Waals surface area contributed by atoms with E-state index in [2.05, 4.69) is 36.1 Å². The summed E-state index contributed by atoms with van der Waals surface area (Å²) in [6.07, 6.45) is 8.03. The molecule has 5 nitrogen and oxygen atoms in total. The van der Waals surface area contributed by atoms with Gasteiger partial charge < -0.3 is 15.5 Å². The van der Waals surface area contributed by atoms with Gasteiger partial charge in [-0.1, -0.05) is 45.6 Å². The van der Waals surface area contributed by atoms with Gasteiger partial charge in [-0.15, -0.1) is 6.58 Å². The molecule has 0 unspecified atom stereocenters. The van der Waals surface area contributed by atoms with Crippen LogP contribution in [0.5, 0.6) is 0 Å². The molecule has 2 N–H and O–H groups in total. The van der Waals surface area contributed by atoms with Gasteiger partial charge in [0.05, 0.1) is 0 Å². The summed E-state index contributed by atoms with van der Waals surface area (Å²) < 4.78 is 0. The van der Waals surface area contributed by atoms with Gasteiger partial charge in [-0.05, 0) is 12.3 Å². The van der Waals surface area contributed by atoms with Crippen LogP contribution in [0.3, 0.4) is 0 Å². The predicted octanol–water partition coefficient (Wildman–Crippen LogP) is 2.40. The topological polar surface area (TPSA) is 56.7 Å². The van der Waals surface area contributed by atoms with Crippen molar-refractivity contribution in [3.63, 3.8) is 0 Å². The normalized spacial score (nSPS) is 11.4. The van der Waals surface area contributed by atoms with Crippen LogP contribution in [0.15, 0.2) is 17.6 Å². The smallest absolute Gasteiger partial charge is 0.243 e. The second-order valence-corrected chi connectivity index (χ2v) is 6.15. The molecular weight excluding hydrogens is 276 g/mol. The lowest BCUT2D eigenvalue weighted by molar-refractivity contribution is -0.127. The molecule has 0 fully saturated rings. The molecule has 0 bridgehead atoms. The van der Waals surface area contributed by atoms with E-state index in [1.807, 2.05) is 0 Å². The lowest BCUT2D eigenvalue weighted by Gasteiger charge is -2.13. The Morgan fingerprint density at radius 2 is 1.86 bits per heavy atom. The molecule has 0 aliphatic heterocycles. The van der Waals surface area contributed by atoms with Crippen molar-refractivity contribution in [3.8, 4) is 0 Å². The summed E-state index contributed by atoms with van der Waals surface area (Å²) in [5, 5.41) is 6.40. The van der Waals surface area contributed by atoms with Crippen LogP contribution in [-0.2, 0) is 4.79 Å². The van der Waals surface area contributed by atoms with Crippen LogP contribution in [0, 0.1) is 5.92 Å². The summed E-state index contributed by atoms with van der Waals surface area (Å²) in [5.41, 5.74) is 0. The Morgan fingerprint density at radius 3 is 2.45 bits per heavy atom. The van der Waals surface area contributed by atoms with Crippen LogP contribution >= 0.6 is 0 Å². The minimum absolute atomic E-state index is 0.00612. The van der Waals surface area contributed by atoms with E-state index < -0.39 is 0 Å². The van der Waals surface area contributed by atoms with Gasteiger partial charge in [0, 0.05) is 27.2 Å². The van der Waals surface area contributed by atoms with Gasteiger partial charge in [0.2, 0.25) is 5.91 Å². The molecule has 0 saturated heterocycles. The number of rotatable bonds is 11. The molecule has 0 saturated carbocycles. The van der Waals surface area contributed by atoms with E-state index >= 15 is 0 Å². The second kappa shape index (κ2) is 13.2. The average molecular weight is 310 g/mol. The van der Waals surface area contributed by atoms with Gasteiger partial charge >= 0.3 is 0 Å². The predicted molar refractivity (Wildman–Crippen MR) is 95.1 cm³/mol. The number of amides is 1. The largest absolute Gasteiger partial charge is 0.356 e. The van der Waals surface area contributed by atoms with E-state index in [0.717, 1.165) is 18.9 Å². The maximum atomic E-state index is 11.6. The number of hydrogen-bond donors (Lipinski definition) is 2. The first-order valence-electron chi connectivity index (χ1n) is 8.30. The third-order valence-corrected chi connectivity index (χ3v) is 3.29. The van der Waals surface area contributed by atoms with Crippen LogP contribution in [-0.4, -0.2) is 50.5 Å². The lowest BCUT2D eigenvalue weighted by atomic mass is 10.0. The first kappa shape index (κ1) is 20.5. The molecule has 0 aromatic heterocycles. The zero-order valence-electron chi connectivity index (χ0n) is 14.8. The summed E-state index contributed by atoms with van der Waals surface area (Å²) in [4.78, 5) is 17.4. The van der Waals surface area contributed by atoms with Crippen LogP contribution in [0.1, 0.15) is 46.0 Å². The van der Waals surface area contributed by atoms with Gasteiger partial charge in [0.1, 0.15) is 6.54 Å². The van der Waals surface area contributed by atoms with Crippen molar-refractivity contribution >= 4 is 11.9 Å². The number of nitrogens with zero attached hydrogens (tertiary/aromatic N) is 2.